The maximum atomic E-state index is 13.9. The molecule has 3 heterocycles. The third-order valence-electron chi connectivity index (χ3n) is 7.28. The fourth-order valence-electron chi connectivity index (χ4n) is 5.32. The summed E-state index contributed by atoms with van der Waals surface area (Å²) in [4.78, 5) is 32.2. The zero-order valence-corrected chi connectivity index (χ0v) is 23.4. The van der Waals surface area contributed by atoms with Crippen molar-refractivity contribution in [2.45, 2.75) is 45.3 Å². The van der Waals surface area contributed by atoms with Crippen LogP contribution in [0.1, 0.15) is 50.8 Å². The highest BCUT2D eigenvalue weighted by molar-refractivity contribution is 7.10. The van der Waals surface area contributed by atoms with Crippen molar-refractivity contribution in [1.29, 1.82) is 0 Å². The van der Waals surface area contributed by atoms with Gasteiger partial charge in [0.25, 0.3) is 5.91 Å². The molecule has 2 atom stereocenters. The van der Waals surface area contributed by atoms with E-state index in [1.54, 1.807) is 40.5 Å². The van der Waals surface area contributed by atoms with Gasteiger partial charge in [0.15, 0.2) is 0 Å². The van der Waals surface area contributed by atoms with Gasteiger partial charge in [-0.15, -0.1) is 11.3 Å². The Morgan fingerprint density at radius 2 is 2.05 bits per heavy atom. The number of hydrogen-bond donors (Lipinski definition) is 0. The number of carbonyl (C=O) groups is 2. The first kappa shape index (κ1) is 26.7. The van der Waals surface area contributed by atoms with Crippen LogP contribution in [0.3, 0.4) is 0 Å². The molecule has 38 heavy (non-hydrogen) atoms. The van der Waals surface area contributed by atoms with Crippen molar-refractivity contribution in [3.8, 4) is 5.75 Å². The third-order valence-corrected chi connectivity index (χ3v) is 8.51. The maximum absolute atomic E-state index is 13.9. The van der Waals surface area contributed by atoms with Crippen molar-refractivity contribution in [3.05, 3.63) is 86.1 Å². The lowest BCUT2D eigenvalue weighted by atomic mass is 10.00. The standard InChI is InChI=1S/C30H33ClN2O4S/c1-20-8-9-27(21(2)15-20)37-19-26-25-11-14-38-28(25)10-12-33(26)29(34)18-32(17-24-7-4-13-36-24)30(35)22-5-3-6-23(31)16-22/h3,5-6,8-9,11,14-16,24,26H,4,7,10,12-13,17-19H2,1-2H3/t24-,26+/m1/s1. The van der Waals surface area contributed by atoms with Crippen LogP contribution in [0, 0.1) is 13.8 Å². The van der Waals surface area contributed by atoms with Gasteiger partial charge in [0.1, 0.15) is 18.9 Å². The van der Waals surface area contributed by atoms with E-state index >= 15 is 0 Å². The lowest BCUT2D eigenvalue weighted by Crippen LogP contribution is -2.49. The van der Waals surface area contributed by atoms with Gasteiger partial charge < -0.3 is 19.3 Å². The molecule has 1 saturated heterocycles. The first-order chi connectivity index (χ1) is 18.4. The summed E-state index contributed by atoms with van der Waals surface area (Å²) in [6, 6.07) is 14.9. The van der Waals surface area contributed by atoms with Gasteiger partial charge in [-0.05, 0) is 79.9 Å². The van der Waals surface area contributed by atoms with Crippen molar-refractivity contribution >= 4 is 34.8 Å². The zero-order valence-electron chi connectivity index (χ0n) is 21.8. The molecule has 0 saturated carbocycles. The molecule has 2 aliphatic heterocycles. The van der Waals surface area contributed by atoms with Crippen molar-refractivity contribution in [2.75, 3.05) is 32.8 Å². The number of ether oxygens (including phenoxy) is 2. The molecule has 1 fully saturated rings. The van der Waals surface area contributed by atoms with Gasteiger partial charge in [-0.1, -0.05) is 35.4 Å². The van der Waals surface area contributed by atoms with Crippen LogP contribution >= 0.6 is 22.9 Å². The van der Waals surface area contributed by atoms with E-state index < -0.39 is 0 Å². The molecule has 0 unspecified atom stereocenters. The van der Waals surface area contributed by atoms with E-state index in [4.69, 9.17) is 21.1 Å². The first-order valence-electron chi connectivity index (χ1n) is 13.1. The van der Waals surface area contributed by atoms with Crippen molar-refractivity contribution in [2.24, 2.45) is 0 Å². The molecule has 200 valence electrons. The molecule has 8 heteroatoms. The highest BCUT2D eigenvalue weighted by Crippen LogP contribution is 2.34. The Balaban J connectivity index is 1.36. The number of rotatable bonds is 8. The molecule has 5 rings (SSSR count). The summed E-state index contributed by atoms with van der Waals surface area (Å²) in [7, 11) is 0. The number of amides is 2. The minimum absolute atomic E-state index is 0.0231. The molecule has 0 N–H and O–H groups in total. The summed E-state index contributed by atoms with van der Waals surface area (Å²) in [5, 5.41) is 2.57. The molecule has 2 aliphatic rings. The predicted molar refractivity (Wildman–Crippen MR) is 150 cm³/mol. The number of fused-ring (bicyclic) bond motifs is 1. The second-order valence-electron chi connectivity index (χ2n) is 10.1. The second kappa shape index (κ2) is 11.9. The summed E-state index contributed by atoms with van der Waals surface area (Å²) in [5.41, 5.74) is 3.85. The summed E-state index contributed by atoms with van der Waals surface area (Å²) < 4.78 is 12.1. The Morgan fingerprint density at radius 1 is 1.18 bits per heavy atom. The minimum atomic E-state index is -0.218. The molecule has 6 nitrogen and oxygen atoms in total. The highest BCUT2D eigenvalue weighted by atomic mass is 35.5. The van der Waals surface area contributed by atoms with E-state index in [1.807, 2.05) is 24.0 Å². The van der Waals surface area contributed by atoms with Crippen LogP contribution in [0.5, 0.6) is 5.75 Å². The number of carbonyl (C=O) groups excluding carboxylic acids is 2. The fraction of sp³-hybridized carbons (Fsp3) is 0.400. The molecule has 2 aromatic carbocycles. The first-order valence-corrected chi connectivity index (χ1v) is 14.4. The van der Waals surface area contributed by atoms with Crippen LogP contribution in [0.2, 0.25) is 5.02 Å². The summed E-state index contributed by atoms with van der Waals surface area (Å²) in [5.74, 6) is 0.513. The Hall–Kier alpha value is -2.87. The lowest BCUT2D eigenvalue weighted by molar-refractivity contribution is -0.135. The number of halogens is 1. The molecule has 0 spiro atoms. The van der Waals surface area contributed by atoms with Crippen LogP contribution in [0.15, 0.2) is 53.9 Å². The van der Waals surface area contributed by atoms with Crippen LogP contribution in [-0.2, 0) is 16.0 Å². The van der Waals surface area contributed by atoms with E-state index in [1.165, 1.54) is 10.4 Å². The Kier molecular flexibility index (Phi) is 8.36. The molecular formula is C30H33ClN2O4S. The summed E-state index contributed by atoms with van der Waals surface area (Å²) in [6.07, 6.45) is 2.57. The Morgan fingerprint density at radius 3 is 2.82 bits per heavy atom. The van der Waals surface area contributed by atoms with E-state index in [0.717, 1.165) is 36.1 Å². The Bertz CT molecular complexity index is 1300. The molecule has 0 radical (unpaired) electrons. The SMILES string of the molecule is Cc1ccc(OC[C@H]2c3ccsc3CCN2C(=O)CN(C[C@H]2CCCO2)C(=O)c2cccc(Cl)c2)c(C)c1. The van der Waals surface area contributed by atoms with Crippen molar-refractivity contribution in [1.82, 2.24) is 9.80 Å². The minimum Gasteiger partial charge on any atom is -0.491 e. The third kappa shape index (κ3) is 6.06. The van der Waals surface area contributed by atoms with E-state index in [9.17, 15) is 9.59 Å². The number of aryl methyl sites for hydroxylation is 2. The van der Waals surface area contributed by atoms with Gasteiger partial charge in [0.2, 0.25) is 5.91 Å². The van der Waals surface area contributed by atoms with Gasteiger partial charge in [-0.2, -0.15) is 0 Å². The van der Waals surface area contributed by atoms with Gasteiger partial charge in [0, 0.05) is 35.2 Å². The number of hydrogen-bond acceptors (Lipinski definition) is 5. The quantitative estimate of drug-likeness (QED) is 0.352. The van der Waals surface area contributed by atoms with E-state index in [2.05, 4.69) is 24.4 Å². The number of benzene rings is 2. The van der Waals surface area contributed by atoms with Gasteiger partial charge in [-0.3, -0.25) is 9.59 Å². The van der Waals surface area contributed by atoms with Crippen LogP contribution in [-0.4, -0.2) is 60.6 Å². The van der Waals surface area contributed by atoms with Crippen molar-refractivity contribution in [3.63, 3.8) is 0 Å². The predicted octanol–water partition coefficient (Wildman–Crippen LogP) is 5.84. The van der Waals surface area contributed by atoms with E-state index in [0.29, 0.717) is 36.9 Å². The summed E-state index contributed by atoms with van der Waals surface area (Å²) >= 11 is 7.89. The molecule has 0 bridgehead atoms. The van der Waals surface area contributed by atoms with Crippen LogP contribution in [0.4, 0.5) is 0 Å². The van der Waals surface area contributed by atoms with Gasteiger partial charge in [-0.25, -0.2) is 0 Å². The number of thiophene rings is 1. The topological polar surface area (TPSA) is 59.1 Å². The zero-order chi connectivity index (χ0) is 26.6. The molecule has 2 amide bonds. The monoisotopic (exact) mass is 552 g/mol. The average molecular weight is 553 g/mol. The normalized spacial score (nSPS) is 18.8. The van der Waals surface area contributed by atoms with Gasteiger partial charge in [0.05, 0.1) is 12.1 Å². The smallest absolute Gasteiger partial charge is 0.254 e. The lowest BCUT2D eigenvalue weighted by Gasteiger charge is -2.37. The van der Waals surface area contributed by atoms with Crippen molar-refractivity contribution < 1.29 is 19.1 Å². The van der Waals surface area contributed by atoms with Crippen LogP contribution in [0.25, 0.3) is 0 Å². The van der Waals surface area contributed by atoms with E-state index in [-0.39, 0.29) is 30.5 Å². The highest BCUT2D eigenvalue weighted by Gasteiger charge is 2.34. The largest absolute Gasteiger partial charge is 0.491 e. The molecule has 1 aromatic heterocycles. The molecule has 0 aliphatic carbocycles. The van der Waals surface area contributed by atoms with Gasteiger partial charge >= 0.3 is 0 Å². The molecular weight excluding hydrogens is 520 g/mol. The second-order valence-corrected chi connectivity index (χ2v) is 11.5. The average Bonchev–Trinajstić information content (AvgIpc) is 3.59. The molecule has 3 aromatic rings. The summed E-state index contributed by atoms with van der Waals surface area (Å²) in [6.45, 7) is 6.07. The Labute approximate surface area is 233 Å². The fourth-order valence-corrected chi connectivity index (χ4v) is 6.43. The maximum Gasteiger partial charge on any atom is 0.254 e. The van der Waals surface area contributed by atoms with Crippen LogP contribution < -0.4 is 4.74 Å². The number of nitrogens with zero attached hydrogens (tertiary/aromatic N) is 2.